The van der Waals surface area contributed by atoms with Gasteiger partial charge in [0, 0.05) is 18.7 Å². The maximum Gasteiger partial charge on any atom is 0.258 e. The summed E-state index contributed by atoms with van der Waals surface area (Å²) in [6, 6.07) is 10.9. The summed E-state index contributed by atoms with van der Waals surface area (Å²) in [6.07, 6.45) is 1.68. The minimum atomic E-state index is -0.232. The molecule has 0 aliphatic rings. The third-order valence-corrected chi connectivity index (χ3v) is 6.00. The maximum atomic E-state index is 13.7. The van der Waals surface area contributed by atoms with Crippen LogP contribution in [0.25, 0.3) is 33.2 Å². The second kappa shape index (κ2) is 8.50. The molecule has 1 N–H and O–H groups in total. The van der Waals surface area contributed by atoms with Crippen molar-refractivity contribution in [2.24, 2.45) is 0 Å². The number of furan rings is 1. The number of aromatic amines is 1. The van der Waals surface area contributed by atoms with E-state index < -0.39 is 0 Å². The molecule has 0 saturated heterocycles. The standard InChI is InChI=1S/C26H26N6O3/c1-14(2)32-24-20(12-27-32)19(11-22(29-24)18-10-15(3)35-16(18)4)26(34)31(5)13-23-28-21-9-7-6-8-17(21)25(33)30-23/h6-12,14H,13H2,1-5H3,(H,28,30,33). The fourth-order valence-electron chi connectivity index (χ4n) is 4.31. The van der Waals surface area contributed by atoms with Gasteiger partial charge in [-0.1, -0.05) is 12.1 Å². The van der Waals surface area contributed by atoms with Crippen molar-refractivity contribution < 1.29 is 9.21 Å². The van der Waals surface area contributed by atoms with E-state index in [1.807, 2.05) is 39.8 Å². The van der Waals surface area contributed by atoms with Crippen molar-refractivity contribution in [1.82, 2.24) is 29.6 Å². The van der Waals surface area contributed by atoms with E-state index in [0.717, 1.165) is 17.1 Å². The van der Waals surface area contributed by atoms with Crippen LogP contribution in [0.2, 0.25) is 0 Å². The van der Waals surface area contributed by atoms with Crippen LogP contribution in [0, 0.1) is 13.8 Å². The van der Waals surface area contributed by atoms with Gasteiger partial charge in [0.25, 0.3) is 11.5 Å². The Kier molecular flexibility index (Phi) is 5.47. The number of nitrogens with one attached hydrogen (secondary N) is 1. The third kappa shape index (κ3) is 3.99. The Morgan fingerprint density at radius 2 is 1.91 bits per heavy atom. The molecule has 4 heterocycles. The van der Waals surface area contributed by atoms with E-state index in [9.17, 15) is 9.59 Å². The second-order valence-electron chi connectivity index (χ2n) is 8.99. The zero-order chi connectivity index (χ0) is 24.9. The molecule has 5 rings (SSSR count). The van der Waals surface area contributed by atoms with Gasteiger partial charge in [0.15, 0.2) is 5.65 Å². The summed E-state index contributed by atoms with van der Waals surface area (Å²) in [6.45, 7) is 7.93. The lowest BCUT2D eigenvalue weighted by atomic mass is 10.1. The van der Waals surface area contributed by atoms with Gasteiger partial charge in [0.1, 0.15) is 17.3 Å². The molecule has 5 aromatic rings. The first-order valence-corrected chi connectivity index (χ1v) is 11.4. The molecule has 0 atom stereocenters. The van der Waals surface area contributed by atoms with Gasteiger partial charge in [-0.05, 0) is 52.0 Å². The van der Waals surface area contributed by atoms with Gasteiger partial charge in [-0.25, -0.2) is 14.6 Å². The Labute approximate surface area is 201 Å². The summed E-state index contributed by atoms with van der Waals surface area (Å²) in [5.74, 6) is 1.69. The number of fused-ring (bicyclic) bond motifs is 2. The summed E-state index contributed by atoms with van der Waals surface area (Å²) < 4.78 is 7.52. The van der Waals surface area contributed by atoms with Crippen LogP contribution in [0.5, 0.6) is 0 Å². The number of hydrogen-bond donors (Lipinski definition) is 1. The zero-order valence-electron chi connectivity index (χ0n) is 20.3. The highest BCUT2D eigenvalue weighted by molar-refractivity contribution is 6.06. The van der Waals surface area contributed by atoms with Crippen LogP contribution in [0.15, 0.2) is 51.8 Å². The number of amides is 1. The number of nitrogens with zero attached hydrogens (tertiary/aromatic N) is 5. The summed E-state index contributed by atoms with van der Waals surface area (Å²) in [7, 11) is 1.68. The van der Waals surface area contributed by atoms with Crippen LogP contribution < -0.4 is 5.56 Å². The molecule has 0 aliphatic carbocycles. The molecule has 0 aliphatic heterocycles. The summed E-state index contributed by atoms with van der Waals surface area (Å²) in [5.41, 5.74) is 2.93. The summed E-state index contributed by atoms with van der Waals surface area (Å²) in [4.78, 5) is 39.8. The number of hydrogen-bond acceptors (Lipinski definition) is 6. The maximum absolute atomic E-state index is 13.7. The lowest BCUT2D eigenvalue weighted by Crippen LogP contribution is -2.28. The Morgan fingerprint density at radius 3 is 2.63 bits per heavy atom. The first-order valence-electron chi connectivity index (χ1n) is 11.4. The van der Waals surface area contributed by atoms with Crippen molar-refractivity contribution in [3.05, 3.63) is 75.9 Å². The first-order chi connectivity index (χ1) is 16.7. The summed E-state index contributed by atoms with van der Waals surface area (Å²) in [5, 5.41) is 5.67. The number of aromatic nitrogens is 5. The minimum Gasteiger partial charge on any atom is -0.466 e. The normalized spacial score (nSPS) is 11.6. The van der Waals surface area contributed by atoms with Gasteiger partial charge in [-0.2, -0.15) is 5.10 Å². The number of aryl methyl sites for hydroxylation is 2. The van der Waals surface area contributed by atoms with Crippen molar-refractivity contribution in [2.45, 2.75) is 40.3 Å². The fourth-order valence-corrected chi connectivity index (χ4v) is 4.31. The highest BCUT2D eigenvalue weighted by atomic mass is 16.3. The van der Waals surface area contributed by atoms with Gasteiger partial charge in [-0.15, -0.1) is 0 Å². The van der Waals surface area contributed by atoms with Gasteiger partial charge < -0.3 is 14.3 Å². The van der Waals surface area contributed by atoms with E-state index in [4.69, 9.17) is 9.40 Å². The monoisotopic (exact) mass is 470 g/mol. The molecule has 9 heteroatoms. The predicted molar refractivity (Wildman–Crippen MR) is 133 cm³/mol. The average Bonchev–Trinajstić information content (AvgIpc) is 3.40. The molecule has 9 nitrogen and oxygen atoms in total. The topological polar surface area (TPSA) is 110 Å². The largest absolute Gasteiger partial charge is 0.466 e. The highest BCUT2D eigenvalue weighted by Gasteiger charge is 2.23. The number of pyridine rings is 1. The van der Waals surface area contributed by atoms with E-state index in [2.05, 4.69) is 15.1 Å². The summed E-state index contributed by atoms with van der Waals surface area (Å²) >= 11 is 0. The van der Waals surface area contributed by atoms with Crippen LogP contribution in [0.1, 0.15) is 47.6 Å². The average molecular weight is 471 g/mol. The number of benzene rings is 1. The molecule has 0 fully saturated rings. The third-order valence-electron chi connectivity index (χ3n) is 6.00. The Bertz CT molecular complexity index is 1640. The molecule has 4 aromatic heterocycles. The quantitative estimate of drug-likeness (QED) is 0.408. The Hall–Kier alpha value is -4.27. The molecule has 0 radical (unpaired) electrons. The first kappa shape index (κ1) is 22.5. The zero-order valence-corrected chi connectivity index (χ0v) is 20.3. The van der Waals surface area contributed by atoms with Gasteiger partial charge in [0.2, 0.25) is 0 Å². The molecular formula is C26H26N6O3. The lowest BCUT2D eigenvalue weighted by Gasteiger charge is -2.18. The Morgan fingerprint density at radius 1 is 1.14 bits per heavy atom. The van der Waals surface area contributed by atoms with Gasteiger partial charge in [-0.3, -0.25) is 9.59 Å². The highest BCUT2D eigenvalue weighted by Crippen LogP contribution is 2.30. The smallest absolute Gasteiger partial charge is 0.258 e. The van der Waals surface area contributed by atoms with E-state index in [1.54, 1.807) is 42.2 Å². The number of rotatable bonds is 5. The van der Waals surface area contributed by atoms with Gasteiger partial charge in [0.05, 0.1) is 40.3 Å². The minimum absolute atomic E-state index is 0.0648. The number of carbonyl (C=O) groups is 1. The van der Waals surface area contributed by atoms with Crippen LogP contribution in [-0.2, 0) is 6.54 Å². The second-order valence-corrected chi connectivity index (χ2v) is 8.99. The molecule has 0 bridgehead atoms. The molecule has 1 amide bonds. The van der Waals surface area contributed by atoms with Crippen molar-refractivity contribution in [2.75, 3.05) is 7.05 Å². The SMILES string of the molecule is Cc1cc(-c2cc(C(=O)N(C)Cc3nc4ccccc4c(=O)[nH]3)c3cnn(C(C)C)c3n2)c(C)o1. The molecule has 35 heavy (non-hydrogen) atoms. The lowest BCUT2D eigenvalue weighted by molar-refractivity contribution is 0.0783. The predicted octanol–water partition coefficient (Wildman–Crippen LogP) is 4.40. The van der Waals surface area contributed by atoms with Crippen LogP contribution in [0.3, 0.4) is 0 Å². The van der Waals surface area contributed by atoms with Crippen LogP contribution in [-0.4, -0.2) is 42.6 Å². The molecule has 1 aromatic carbocycles. The van der Waals surface area contributed by atoms with E-state index in [-0.39, 0.29) is 24.1 Å². The molecule has 178 valence electrons. The molecular weight excluding hydrogens is 444 g/mol. The fraction of sp³-hybridized carbons (Fsp3) is 0.269. The van der Waals surface area contributed by atoms with E-state index in [0.29, 0.717) is 39.0 Å². The van der Waals surface area contributed by atoms with E-state index in [1.165, 1.54) is 4.90 Å². The number of H-pyrrole nitrogens is 1. The molecule has 0 saturated carbocycles. The molecule has 0 spiro atoms. The molecule has 0 unspecified atom stereocenters. The van der Waals surface area contributed by atoms with Gasteiger partial charge >= 0.3 is 0 Å². The van der Waals surface area contributed by atoms with Crippen molar-refractivity contribution in [3.63, 3.8) is 0 Å². The van der Waals surface area contributed by atoms with Crippen molar-refractivity contribution in [1.29, 1.82) is 0 Å². The van der Waals surface area contributed by atoms with Crippen LogP contribution >= 0.6 is 0 Å². The van der Waals surface area contributed by atoms with E-state index >= 15 is 0 Å². The number of carbonyl (C=O) groups excluding carboxylic acids is 1. The Balaban J connectivity index is 1.58. The van der Waals surface area contributed by atoms with Crippen LogP contribution in [0.4, 0.5) is 0 Å². The number of para-hydroxylation sites is 1. The van der Waals surface area contributed by atoms with Crippen molar-refractivity contribution in [3.8, 4) is 11.3 Å². The van der Waals surface area contributed by atoms with Crippen molar-refractivity contribution >= 4 is 27.8 Å².